The number of hydrogen-bond acceptors (Lipinski definition) is 4. The molecule has 0 spiro atoms. The van der Waals surface area contributed by atoms with Crippen molar-refractivity contribution in [2.24, 2.45) is 11.7 Å². The van der Waals surface area contributed by atoms with Gasteiger partial charge in [-0.1, -0.05) is 6.92 Å². The molecule has 1 rings (SSSR count). The molecule has 0 aromatic rings. The van der Waals surface area contributed by atoms with Crippen molar-refractivity contribution in [3.63, 3.8) is 0 Å². The van der Waals surface area contributed by atoms with E-state index in [0.717, 1.165) is 12.8 Å². The molecule has 6 heteroatoms. The molecular weight excluding hydrogens is 240 g/mol. The Morgan fingerprint density at radius 1 is 1.53 bits per heavy atom. The molecule has 100 valence electrons. The van der Waals surface area contributed by atoms with Gasteiger partial charge in [0.15, 0.2) is 0 Å². The van der Waals surface area contributed by atoms with Gasteiger partial charge in [0, 0.05) is 19.5 Å². The maximum atomic E-state index is 11.7. The zero-order valence-corrected chi connectivity index (χ0v) is 11.4. The Kier molecular flexibility index (Phi) is 5.09. The third-order valence-corrected chi connectivity index (χ3v) is 4.56. The van der Waals surface area contributed by atoms with Crippen LogP contribution in [0.4, 0.5) is 0 Å². The summed E-state index contributed by atoms with van der Waals surface area (Å²) in [6.45, 7) is 2.91. The van der Waals surface area contributed by atoms with E-state index in [0.29, 0.717) is 25.9 Å². The second-order valence-corrected chi connectivity index (χ2v) is 6.80. The summed E-state index contributed by atoms with van der Waals surface area (Å²) in [7, 11) is -3.13. The number of hydrogen-bond donors (Lipinski definition) is 1. The summed E-state index contributed by atoms with van der Waals surface area (Å²) in [5.74, 6) is 0.177. The van der Waals surface area contributed by atoms with Crippen molar-refractivity contribution in [3.8, 4) is 0 Å². The van der Waals surface area contributed by atoms with Crippen LogP contribution in [0, 0.1) is 5.92 Å². The fourth-order valence-electron chi connectivity index (χ4n) is 2.16. The highest BCUT2D eigenvalue weighted by molar-refractivity contribution is 7.88. The van der Waals surface area contributed by atoms with E-state index < -0.39 is 16.1 Å². The molecule has 1 fully saturated rings. The van der Waals surface area contributed by atoms with E-state index in [2.05, 4.69) is 0 Å². The molecule has 0 aromatic carbocycles. The molecular formula is C11H22N2O3S. The van der Waals surface area contributed by atoms with Crippen molar-refractivity contribution in [2.75, 3.05) is 19.3 Å². The average molecular weight is 262 g/mol. The number of ketones is 1. The van der Waals surface area contributed by atoms with Crippen LogP contribution in [0.15, 0.2) is 0 Å². The van der Waals surface area contributed by atoms with Crippen molar-refractivity contribution in [1.82, 2.24) is 4.31 Å². The number of Topliss-reactive ketones (excluding diaryl/α,β-unsaturated/α-hetero) is 1. The van der Waals surface area contributed by atoms with Gasteiger partial charge >= 0.3 is 0 Å². The monoisotopic (exact) mass is 262 g/mol. The van der Waals surface area contributed by atoms with Crippen molar-refractivity contribution in [1.29, 1.82) is 0 Å². The Bertz CT molecular complexity index is 367. The first-order valence-corrected chi connectivity index (χ1v) is 7.92. The SMILES string of the molecule is CCC(N)C(=O)CC1CCCN(S(C)(=O)=O)C1. The van der Waals surface area contributed by atoms with E-state index in [1.807, 2.05) is 6.92 Å². The number of piperidine rings is 1. The van der Waals surface area contributed by atoms with Crippen LogP contribution in [0.1, 0.15) is 32.6 Å². The van der Waals surface area contributed by atoms with Crippen LogP contribution in [-0.2, 0) is 14.8 Å². The van der Waals surface area contributed by atoms with Crippen LogP contribution >= 0.6 is 0 Å². The second-order valence-electron chi connectivity index (χ2n) is 4.81. The first-order chi connectivity index (χ1) is 7.84. The number of sulfonamides is 1. The average Bonchev–Trinajstić information content (AvgIpc) is 2.27. The molecule has 2 atom stereocenters. The highest BCUT2D eigenvalue weighted by Gasteiger charge is 2.28. The number of nitrogens with zero attached hydrogens (tertiary/aromatic N) is 1. The lowest BCUT2D eigenvalue weighted by Crippen LogP contribution is -2.41. The molecule has 1 saturated heterocycles. The molecule has 0 saturated carbocycles. The van der Waals surface area contributed by atoms with Crippen LogP contribution in [-0.4, -0.2) is 43.9 Å². The van der Waals surface area contributed by atoms with Gasteiger partial charge in [-0.05, 0) is 25.2 Å². The minimum Gasteiger partial charge on any atom is -0.322 e. The molecule has 0 radical (unpaired) electrons. The standard InChI is InChI=1S/C11H22N2O3S/c1-3-10(12)11(14)7-9-5-4-6-13(8-9)17(2,15)16/h9-10H,3-8,12H2,1-2H3. The van der Waals surface area contributed by atoms with E-state index in [9.17, 15) is 13.2 Å². The zero-order chi connectivity index (χ0) is 13.1. The summed E-state index contributed by atoms with van der Waals surface area (Å²) < 4.78 is 24.3. The molecule has 2 N–H and O–H groups in total. The molecule has 17 heavy (non-hydrogen) atoms. The topological polar surface area (TPSA) is 80.5 Å². The first-order valence-electron chi connectivity index (χ1n) is 6.08. The third-order valence-electron chi connectivity index (χ3n) is 3.29. The van der Waals surface area contributed by atoms with Crippen LogP contribution < -0.4 is 5.73 Å². The molecule has 1 aliphatic rings. The van der Waals surface area contributed by atoms with Crippen LogP contribution in [0.2, 0.25) is 0 Å². The highest BCUT2D eigenvalue weighted by atomic mass is 32.2. The Hall–Kier alpha value is -0.460. The first kappa shape index (κ1) is 14.6. The molecule has 0 aliphatic carbocycles. The van der Waals surface area contributed by atoms with Gasteiger partial charge in [0.25, 0.3) is 0 Å². The normalized spacial score (nSPS) is 24.5. The van der Waals surface area contributed by atoms with E-state index in [1.54, 1.807) is 0 Å². The number of rotatable bonds is 5. The van der Waals surface area contributed by atoms with E-state index in [1.165, 1.54) is 10.6 Å². The summed E-state index contributed by atoms with van der Waals surface area (Å²) in [5, 5.41) is 0. The molecule has 5 nitrogen and oxygen atoms in total. The van der Waals surface area contributed by atoms with Crippen LogP contribution in [0.25, 0.3) is 0 Å². The van der Waals surface area contributed by atoms with Crippen molar-refractivity contribution in [3.05, 3.63) is 0 Å². The second kappa shape index (κ2) is 5.93. The summed E-state index contributed by atoms with van der Waals surface area (Å²) in [6.07, 6.45) is 4.00. The minimum absolute atomic E-state index is 0.0489. The predicted octanol–water partition coefficient (Wildman–Crippen LogP) is 0.355. The lowest BCUT2D eigenvalue weighted by molar-refractivity contribution is -0.121. The lowest BCUT2D eigenvalue weighted by Gasteiger charge is -2.30. The van der Waals surface area contributed by atoms with Gasteiger partial charge in [-0.15, -0.1) is 0 Å². The summed E-state index contributed by atoms with van der Waals surface area (Å²) in [5.41, 5.74) is 5.67. The van der Waals surface area contributed by atoms with Gasteiger partial charge in [0.1, 0.15) is 5.78 Å². The van der Waals surface area contributed by atoms with Gasteiger partial charge in [-0.25, -0.2) is 12.7 Å². The summed E-state index contributed by atoms with van der Waals surface area (Å²) in [6, 6.07) is -0.399. The number of nitrogens with two attached hydrogens (primary N) is 1. The maximum absolute atomic E-state index is 11.7. The Balaban J connectivity index is 2.53. The Morgan fingerprint density at radius 3 is 2.71 bits per heavy atom. The lowest BCUT2D eigenvalue weighted by atomic mass is 9.91. The Morgan fingerprint density at radius 2 is 2.18 bits per heavy atom. The minimum atomic E-state index is -3.13. The third kappa shape index (κ3) is 4.37. The Labute approximate surface area is 103 Å². The molecule has 1 heterocycles. The van der Waals surface area contributed by atoms with E-state index in [-0.39, 0.29) is 11.7 Å². The quantitative estimate of drug-likeness (QED) is 0.775. The van der Waals surface area contributed by atoms with Crippen molar-refractivity contribution < 1.29 is 13.2 Å². The summed E-state index contributed by atoms with van der Waals surface area (Å²) in [4.78, 5) is 11.7. The molecule has 1 aliphatic heterocycles. The fraction of sp³-hybridized carbons (Fsp3) is 0.909. The van der Waals surface area contributed by atoms with Crippen molar-refractivity contribution >= 4 is 15.8 Å². The van der Waals surface area contributed by atoms with Crippen molar-refractivity contribution in [2.45, 2.75) is 38.6 Å². The van der Waals surface area contributed by atoms with Gasteiger partial charge in [-0.3, -0.25) is 4.79 Å². The smallest absolute Gasteiger partial charge is 0.211 e. The number of carbonyl (C=O) groups excluding carboxylic acids is 1. The van der Waals surface area contributed by atoms with Gasteiger partial charge < -0.3 is 5.73 Å². The van der Waals surface area contributed by atoms with E-state index >= 15 is 0 Å². The van der Waals surface area contributed by atoms with Crippen LogP contribution in [0.3, 0.4) is 0 Å². The summed E-state index contributed by atoms with van der Waals surface area (Å²) >= 11 is 0. The highest BCUT2D eigenvalue weighted by Crippen LogP contribution is 2.22. The predicted molar refractivity (Wildman–Crippen MR) is 67.0 cm³/mol. The maximum Gasteiger partial charge on any atom is 0.211 e. The molecule has 0 amide bonds. The van der Waals surface area contributed by atoms with Crippen LogP contribution in [0.5, 0.6) is 0 Å². The number of carbonyl (C=O) groups is 1. The van der Waals surface area contributed by atoms with Gasteiger partial charge in [0.05, 0.1) is 12.3 Å². The van der Waals surface area contributed by atoms with Gasteiger partial charge in [0.2, 0.25) is 10.0 Å². The molecule has 2 unspecified atom stereocenters. The molecule has 0 aromatic heterocycles. The van der Waals surface area contributed by atoms with Gasteiger partial charge in [-0.2, -0.15) is 0 Å². The zero-order valence-electron chi connectivity index (χ0n) is 10.6. The fourth-order valence-corrected chi connectivity index (χ4v) is 3.10. The van der Waals surface area contributed by atoms with E-state index in [4.69, 9.17) is 5.73 Å². The molecule has 0 bridgehead atoms. The largest absolute Gasteiger partial charge is 0.322 e.